The Hall–Kier alpha value is -1.75. The molecular weight excluding hydrogens is 317 g/mol. The maximum Gasteiger partial charge on any atom is 0.422 e. The van der Waals surface area contributed by atoms with E-state index in [-0.39, 0.29) is 5.69 Å². The highest BCUT2D eigenvalue weighted by Crippen LogP contribution is 2.23. The third-order valence-corrected chi connectivity index (χ3v) is 2.36. The second kappa shape index (κ2) is 5.73. The van der Waals surface area contributed by atoms with Gasteiger partial charge >= 0.3 is 12.3 Å². The van der Waals surface area contributed by atoms with Crippen LogP contribution in [-0.4, -0.2) is 18.9 Å². The molecule has 18 heavy (non-hydrogen) atoms. The number of anilines is 1. The van der Waals surface area contributed by atoms with Crippen molar-refractivity contribution in [2.45, 2.75) is 6.18 Å². The fraction of sp³-hybridized carbons (Fsp3) is 0.200. The van der Waals surface area contributed by atoms with Crippen LogP contribution in [0.15, 0.2) is 22.7 Å². The molecule has 8 heteroatoms. The standard InChI is InChI=1S/C10H6BrF3N2O2/c11-7-3-6(4-15)1-2-8(7)16-9(17)18-5-10(12,13)14/h1-3H,5H2,(H,16,17). The van der Waals surface area contributed by atoms with Gasteiger partial charge in [0.1, 0.15) is 0 Å². The molecule has 0 aliphatic carbocycles. The van der Waals surface area contributed by atoms with Gasteiger partial charge in [-0.15, -0.1) is 0 Å². The molecule has 96 valence electrons. The number of rotatable bonds is 2. The van der Waals surface area contributed by atoms with Crippen LogP contribution < -0.4 is 5.32 Å². The molecule has 0 fully saturated rings. The van der Waals surface area contributed by atoms with E-state index >= 15 is 0 Å². The van der Waals surface area contributed by atoms with Gasteiger partial charge in [0.05, 0.1) is 17.3 Å². The first kappa shape index (κ1) is 14.3. The smallest absolute Gasteiger partial charge is 0.422 e. The SMILES string of the molecule is N#Cc1ccc(NC(=O)OCC(F)(F)F)c(Br)c1. The van der Waals surface area contributed by atoms with Crippen LogP contribution in [0.5, 0.6) is 0 Å². The summed E-state index contributed by atoms with van der Waals surface area (Å²) in [6, 6.07) is 6.07. The van der Waals surface area contributed by atoms with Crippen molar-refractivity contribution in [3.63, 3.8) is 0 Å². The highest BCUT2D eigenvalue weighted by atomic mass is 79.9. The van der Waals surface area contributed by atoms with Crippen LogP contribution in [0.25, 0.3) is 0 Å². The average molecular weight is 323 g/mol. The number of carbonyl (C=O) groups excluding carboxylic acids is 1. The first-order valence-electron chi connectivity index (χ1n) is 4.52. The van der Waals surface area contributed by atoms with Gasteiger partial charge in [0.15, 0.2) is 6.61 Å². The molecule has 1 aromatic carbocycles. The summed E-state index contributed by atoms with van der Waals surface area (Å²) in [4.78, 5) is 11.0. The molecule has 0 atom stereocenters. The van der Waals surface area contributed by atoms with E-state index in [0.29, 0.717) is 10.0 Å². The second-order valence-electron chi connectivity index (χ2n) is 3.12. The maximum atomic E-state index is 11.8. The van der Waals surface area contributed by atoms with E-state index in [2.05, 4.69) is 26.0 Å². The van der Waals surface area contributed by atoms with E-state index < -0.39 is 18.9 Å². The topological polar surface area (TPSA) is 62.1 Å². The van der Waals surface area contributed by atoms with Crippen LogP contribution in [0.3, 0.4) is 0 Å². The average Bonchev–Trinajstić information content (AvgIpc) is 2.28. The Bertz CT molecular complexity index is 497. The second-order valence-corrected chi connectivity index (χ2v) is 3.98. The zero-order valence-electron chi connectivity index (χ0n) is 8.71. The van der Waals surface area contributed by atoms with Crippen LogP contribution in [0, 0.1) is 11.3 Å². The lowest BCUT2D eigenvalue weighted by atomic mass is 10.2. The molecule has 0 aliphatic rings. The summed E-state index contributed by atoms with van der Waals surface area (Å²) in [5.41, 5.74) is 0.553. The monoisotopic (exact) mass is 322 g/mol. The van der Waals surface area contributed by atoms with E-state index in [9.17, 15) is 18.0 Å². The zero-order valence-corrected chi connectivity index (χ0v) is 10.3. The number of halogens is 4. The van der Waals surface area contributed by atoms with Crippen LogP contribution in [0.4, 0.5) is 23.7 Å². The van der Waals surface area contributed by atoms with Crippen LogP contribution in [0.2, 0.25) is 0 Å². The lowest BCUT2D eigenvalue weighted by Crippen LogP contribution is -2.23. The third kappa shape index (κ3) is 4.63. The molecule has 1 N–H and O–H groups in total. The molecule has 0 heterocycles. The number of carbonyl (C=O) groups is 1. The summed E-state index contributed by atoms with van der Waals surface area (Å²) in [5, 5.41) is 10.7. The van der Waals surface area contributed by atoms with E-state index in [0.717, 1.165) is 0 Å². The van der Waals surface area contributed by atoms with Gasteiger partial charge in [0, 0.05) is 4.47 Å². The number of nitrogens with one attached hydrogen (secondary N) is 1. The molecule has 1 aromatic rings. The Balaban J connectivity index is 2.63. The molecule has 0 unspecified atom stereocenters. The molecule has 1 amide bonds. The van der Waals surface area contributed by atoms with Crippen molar-refractivity contribution in [2.24, 2.45) is 0 Å². The Kier molecular flexibility index (Phi) is 4.55. The van der Waals surface area contributed by atoms with Crippen molar-refractivity contribution >= 4 is 27.7 Å². The predicted molar refractivity (Wildman–Crippen MR) is 59.9 cm³/mol. The van der Waals surface area contributed by atoms with E-state index in [4.69, 9.17) is 5.26 Å². The molecule has 0 saturated carbocycles. The highest BCUT2D eigenvalue weighted by molar-refractivity contribution is 9.10. The molecule has 0 spiro atoms. The van der Waals surface area contributed by atoms with Gasteiger partial charge in [-0.25, -0.2) is 4.79 Å². The van der Waals surface area contributed by atoms with Crippen LogP contribution in [-0.2, 0) is 4.74 Å². The minimum atomic E-state index is -4.57. The number of ether oxygens (including phenoxy) is 1. The molecule has 0 aromatic heterocycles. The molecular formula is C10H6BrF3N2O2. The summed E-state index contributed by atoms with van der Waals surface area (Å²) in [5.74, 6) is 0. The number of amides is 1. The molecule has 0 bridgehead atoms. The van der Waals surface area contributed by atoms with Gasteiger partial charge in [0.2, 0.25) is 0 Å². The van der Waals surface area contributed by atoms with Crippen molar-refractivity contribution in [3.8, 4) is 6.07 Å². The van der Waals surface area contributed by atoms with Crippen molar-refractivity contribution in [1.82, 2.24) is 0 Å². The summed E-state index contributed by atoms with van der Waals surface area (Å²) in [6.07, 6.45) is -5.79. The van der Waals surface area contributed by atoms with Gasteiger partial charge in [-0.1, -0.05) is 0 Å². The van der Waals surface area contributed by atoms with Gasteiger partial charge in [-0.05, 0) is 34.1 Å². The summed E-state index contributed by atoms with van der Waals surface area (Å²) >= 11 is 3.06. The maximum absolute atomic E-state index is 11.8. The normalized spacial score (nSPS) is 10.6. The Morgan fingerprint density at radius 3 is 2.67 bits per heavy atom. The molecule has 0 radical (unpaired) electrons. The van der Waals surface area contributed by atoms with E-state index in [1.54, 1.807) is 0 Å². The number of nitriles is 1. The largest absolute Gasteiger partial charge is 0.440 e. The lowest BCUT2D eigenvalue weighted by Gasteiger charge is -2.10. The fourth-order valence-corrected chi connectivity index (χ4v) is 1.46. The molecule has 0 aliphatic heterocycles. The zero-order chi connectivity index (χ0) is 13.8. The number of alkyl halides is 3. The lowest BCUT2D eigenvalue weighted by molar-refractivity contribution is -0.159. The Labute approximate surface area is 108 Å². The first-order chi connectivity index (χ1) is 8.31. The molecule has 1 rings (SSSR count). The Morgan fingerprint density at radius 1 is 1.50 bits per heavy atom. The van der Waals surface area contributed by atoms with E-state index in [1.807, 2.05) is 6.07 Å². The van der Waals surface area contributed by atoms with Crippen LogP contribution in [0.1, 0.15) is 5.56 Å². The minimum Gasteiger partial charge on any atom is -0.440 e. The van der Waals surface area contributed by atoms with Gasteiger partial charge in [-0.2, -0.15) is 18.4 Å². The van der Waals surface area contributed by atoms with E-state index in [1.165, 1.54) is 18.2 Å². The summed E-state index contributed by atoms with van der Waals surface area (Å²) in [6.45, 7) is -1.66. The quantitative estimate of drug-likeness (QED) is 0.907. The third-order valence-electron chi connectivity index (χ3n) is 1.70. The molecule has 0 saturated heterocycles. The van der Waals surface area contributed by atoms with Crippen LogP contribution >= 0.6 is 15.9 Å². The number of benzene rings is 1. The van der Waals surface area contributed by atoms with Crippen molar-refractivity contribution in [1.29, 1.82) is 5.26 Å². The number of nitrogens with zero attached hydrogens (tertiary/aromatic N) is 1. The van der Waals surface area contributed by atoms with Crippen molar-refractivity contribution in [3.05, 3.63) is 28.2 Å². The highest BCUT2D eigenvalue weighted by Gasteiger charge is 2.29. The van der Waals surface area contributed by atoms with Gasteiger partial charge in [0.25, 0.3) is 0 Å². The van der Waals surface area contributed by atoms with Crippen molar-refractivity contribution in [2.75, 3.05) is 11.9 Å². The fourth-order valence-electron chi connectivity index (χ4n) is 0.979. The van der Waals surface area contributed by atoms with Gasteiger partial charge in [-0.3, -0.25) is 5.32 Å². The number of hydrogen-bond donors (Lipinski definition) is 1. The van der Waals surface area contributed by atoms with Gasteiger partial charge < -0.3 is 4.74 Å². The summed E-state index contributed by atoms with van der Waals surface area (Å²) < 4.78 is 39.7. The predicted octanol–water partition coefficient (Wildman–Crippen LogP) is 3.43. The number of hydrogen-bond acceptors (Lipinski definition) is 3. The summed E-state index contributed by atoms with van der Waals surface area (Å²) in [7, 11) is 0. The first-order valence-corrected chi connectivity index (χ1v) is 5.31. The molecule has 4 nitrogen and oxygen atoms in total. The minimum absolute atomic E-state index is 0.209. The Morgan fingerprint density at radius 2 is 2.17 bits per heavy atom. The van der Waals surface area contributed by atoms with Crippen molar-refractivity contribution < 1.29 is 22.7 Å².